The minimum Gasteiger partial charge on any atom is -0.454 e. The largest absolute Gasteiger partial charge is 0.454 e. The van der Waals surface area contributed by atoms with Crippen molar-refractivity contribution in [2.45, 2.75) is 31.1 Å². The number of hydrogen-bond donors (Lipinski definition) is 1. The Morgan fingerprint density at radius 2 is 1.82 bits per heavy atom. The highest BCUT2D eigenvalue weighted by Crippen LogP contribution is 2.37. The van der Waals surface area contributed by atoms with Crippen molar-refractivity contribution in [1.82, 2.24) is 4.31 Å². The second-order valence-corrected chi connectivity index (χ2v) is 11.0. The molecule has 1 N–H and O–H groups in total. The van der Waals surface area contributed by atoms with E-state index in [4.69, 9.17) is 9.47 Å². The molecule has 2 fully saturated rings. The molecule has 2 saturated heterocycles. The SMILES string of the molecule is CC1CCCN(S(=O)(=O)c2ccc(NC(=O)C3CC(=O)N(c4ccc5c(c4)OCO5)C3)cc2)C1. The molecule has 3 aliphatic heterocycles. The highest BCUT2D eigenvalue weighted by Gasteiger charge is 2.36. The van der Waals surface area contributed by atoms with E-state index in [1.165, 1.54) is 16.4 Å². The maximum Gasteiger partial charge on any atom is 0.243 e. The molecule has 0 aromatic heterocycles. The zero-order valence-corrected chi connectivity index (χ0v) is 19.7. The van der Waals surface area contributed by atoms with Crippen molar-refractivity contribution in [2.24, 2.45) is 11.8 Å². The third-order valence-electron chi connectivity index (χ3n) is 6.54. The Hall–Kier alpha value is -3.11. The number of sulfonamides is 1. The monoisotopic (exact) mass is 485 g/mol. The smallest absolute Gasteiger partial charge is 0.243 e. The van der Waals surface area contributed by atoms with Crippen LogP contribution in [0.4, 0.5) is 11.4 Å². The molecule has 0 bridgehead atoms. The lowest BCUT2D eigenvalue weighted by molar-refractivity contribution is -0.122. The molecule has 0 aliphatic carbocycles. The predicted molar refractivity (Wildman–Crippen MR) is 125 cm³/mol. The molecule has 5 rings (SSSR count). The highest BCUT2D eigenvalue weighted by molar-refractivity contribution is 7.89. The highest BCUT2D eigenvalue weighted by atomic mass is 32.2. The summed E-state index contributed by atoms with van der Waals surface area (Å²) in [4.78, 5) is 27.2. The van der Waals surface area contributed by atoms with Gasteiger partial charge in [-0.2, -0.15) is 4.31 Å². The van der Waals surface area contributed by atoms with Gasteiger partial charge in [0.2, 0.25) is 28.6 Å². The van der Waals surface area contributed by atoms with Crippen molar-refractivity contribution in [3.63, 3.8) is 0 Å². The zero-order valence-electron chi connectivity index (χ0n) is 18.9. The standard InChI is InChI=1S/C24H27N3O6S/c1-16-3-2-10-26(13-16)34(30,31)20-7-4-18(5-8-20)25-24(29)17-11-23(28)27(14-17)19-6-9-21-22(12-19)33-15-32-21/h4-9,12,16-17H,2-3,10-11,13-15H2,1H3,(H,25,29). The van der Waals surface area contributed by atoms with Gasteiger partial charge in [-0.3, -0.25) is 9.59 Å². The molecule has 0 saturated carbocycles. The van der Waals surface area contributed by atoms with E-state index < -0.39 is 15.9 Å². The average molecular weight is 486 g/mol. The third kappa shape index (κ3) is 4.35. The van der Waals surface area contributed by atoms with Gasteiger partial charge < -0.3 is 19.7 Å². The molecule has 2 aromatic rings. The van der Waals surface area contributed by atoms with Crippen molar-refractivity contribution in [3.8, 4) is 11.5 Å². The van der Waals surface area contributed by atoms with Crippen LogP contribution >= 0.6 is 0 Å². The van der Waals surface area contributed by atoms with E-state index in [0.717, 1.165) is 12.8 Å². The Morgan fingerprint density at radius 3 is 2.59 bits per heavy atom. The summed E-state index contributed by atoms with van der Waals surface area (Å²) in [7, 11) is -3.56. The molecule has 2 unspecified atom stereocenters. The molecule has 34 heavy (non-hydrogen) atoms. The van der Waals surface area contributed by atoms with Crippen molar-refractivity contribution in [2.75, 3.05) is 36.6 Å². The number of anilines is 2. The Kier molecular flexibility index (Phi) is 5.95. The van der Waals surface area contributed by atoms with E-state index in [2.05, 4.69) is 12.2 Å². The van der Waals surface area contributed by atoms with Crippen LogP contribution in [0, 0.1) is 11.8 Å². The lowest BCUT2D eigenvalue weighted by Gasteiger charge is -2.30. The molecule has 2 amide bonds. The Morgan fingerprint density at radius 1 is 1.06 bits per heavy atom. The summed E-state index contributed by atoms with van der Waals surface area (Å²) < 4.78 is 38.1. The van der Waals surface area contributed by atoms with Crippen molar-refractivity contribution >= 4 is 33.2 Å². The molecule has 3 aliphatic rings. The fourth-order valence-electron chi connectivity index (χ4n) is 4.65. The fraction of sp³-hybridized carbons (Fsp3) is 0.417. The van der Waals surface area contributed by atoms with E-state index in [9.17, 15) is 18.0 Å². The number of nitrogens with one attached hydrogen (secondary N) is 1. The van der Waals surface area contributed by atoms with E-state index in [1.54, 1.807) is 35.2 Å². The van der Waals surface area contributed by atoms with Crippen molar-refractivity contribution < 1.29 is 27.5 Å². The van der Waals surface area contributed by atoms with Crippen molar-refractivity contribution in [1.29, 1.82) is 0 Å². The number of fused-ring (bicyclic) bond motifs is 1. The summed E-state index contributed by atoms with van der Waals surface area (Å²) in [6, 6.07) is 11.5. The average Bonchev–Trinajstić information content (AvgIpc) is 3.45. The molecule has 180 valence electrons. The van der Waals surface area contributed by atoms with Gasteiger partial charge in [0.15, 0.2) is 11.5 Å². The molecule has 0 radical (unpaired) electrons. The summed E-state index contributed by atoms with van der Waals surface area (Å²) in [6.07, 6.45) is 1.99. The van der Waals surface area contributed by atoms with Gasteiger partial charge in [-0.05, 0) is 55.2 Å². The molecule has 3 heterocycles. The normalized spacial score (nSPS) is 22.7. The maximum atomic E-state index is 12.9. The quantitative estimate of drug-likeness (QED) is 0.698. The Bertz CT molecular complexity index is 1210. The van der Waals surface area contributed by atoms with E-state index in [1.807, 2.05) is 0 Å². The van der Waals surface area contributed by atoms with Crippen LogP contribution in [0.25, 0.3) is 0 Å². The first-order valence-electron chi connectivity index (χ1n) is 11.4. The second-order valence-electron chi connectivity index (χ2n) is 9.07. The summed E-state index contributed by atoms with van der Waals surface area (Å²) in [6.45, 7) is 3.51. The summed E-state index contributed by atoms with van der Waals surface area (Å²) >= 11 is 0. The van der Waals surface area contributed by atoms with Crippen LogP contribution in [0.5, 0.6) is 11.5 Å². The predicted octanol–water partition coefficient (Wildman–Crippen LogP) is 2.83. The second kappa shape index (κ2) is 8.92. The van der Waals surface area contributed by atoms with E-state index >= 15 is 0 Å². The van der Waals surface area contributed by atoms with Crippen LogP contribution in [0.15, 0.2) is 47.4 Å². The lowest BCUT2D eigenvalue weighted by Crippen LogP contribution is -2.39. The topological polar surface area (TPSA) is 105 Å². The Balaban J connectivity index is 1.23. The van der Waals surface area contributed by atoms with Crippen LogP contribution in [0.2, 0.25) is 0 Å². The molecule has 2 atom stereocenters. The fourth-order valence-corrected chi connectivity index (χ4v) is 6.25. The summed E-state index contributed by atoms with van der Waals surface area (Å²) in [5, 5.41) is 2.81. The molecule has 9 nitrogen and oxygen atoms in total. The van der Waals surface area contributed by atoms with Gasteiger partial charge in [-0.15, -0.1) is 0 Å². The van der Waals surface area contributed by atoms with Gasteiger partial charge in [0.25, 0.3) is 0 Å². The summed E-state index contributed by atoms with van der Waals surface area (Å²) in [5.41, 5.74) is 1.15. The van der Waals surface area contributed by atoms with E-state index in [0.29, 0.717) is 41.9 Å². The van der Waals surface area contributed by atoms with Crippen LogP contribution in [0.1, 0.15) is 26.2 Å². The number of ether oxygens (including phenoxy) is 2. The number of benzene rings is 2. The number of carbonyl (C=O) groups excluding carboxylic acids is 2. The van der Waals surface area contributed by atoms with Gasteiger partial charge in [0.1, 0.15) is 0 Å². The van der Waals surface area contributed by atoms with Crippen LogP contribution in [0.3, 0.4) is 0 Å². The van der Waals surface area contributed by atoms with Gasteiger partial charge in [0.05, 0.1) is 10.8 Å². The minimum atomic E-state index is -3.56. The first-order chi connectivity index (χ1) is 16.3. The third-order valence-corrected chi connectivity index (χ3v) is 8.42. The minimum absolute atomic E-state index is 0.0971. The number of rotatable bonds is 5. The van der Waals surface area contributed by atoms with Gasteiger partial charge in [-0.25, -0.2) is 8.42 Å². The number of carbonyl (C=O) groups is 2. The van der Waals surface area contributed by atoms with E-state index in [-0.39, 0.29) is 36.5 Å². The Labute approximate surface area is 198 Å². The molecule has 10 heteroatoms. The van der Waals surface area contributed by atoms with Gasteiger partial charge in [-0.1, -0.05) is 6.92 Å². The zero-order chi connectivity index (χ0) is 23.9. The van der Waals surface area contributed by atoms with Gasteiger partial charge >= 0.3 is 0 Å². The summed E-state index contributed by atoms with van der Waals surface area (Å²) in [5.74, 6) is 0.607. The van der Waals surface area contributed by atoms with Gasteiger partial charge in [0, 0.05) is 43.5 Å². The van der Waals surface area contributed by atoms with Crippen LogP contribution < -0.4 is 19.7 Å². The molecular formula is C24H27N3O6S. The van der Waals surface area contributed by atoms with Crippen LogP contribution in [-0.2, 0) is 19.6 Å². The van der Waals surface area contributed by atoms with Crippen molar-refractivity contribution in [3.05, 3.63) is 42.5 Å². The number of hydrogen-bond acceptors (Lipinski definition) is 6. The molecular weight excluding hydrogens is 458 g/mol. The number of nitrogens with zero attached hydrogens (tertiary/aromatic N) is 2. The van der Waals surface area contributed by atoms with Crippen LogP contribution in [-0.4, -0.2) is 51.0 Å². The number of amides is 2. The lowest BCUT2D eigenvalue weighted by atomic mass is 10.0. The molecule has 2 aromatic carbocycles. The first kappa shape index (κ1) is 22.7. The first-order valence-corrected chi connectivity index (χ1v) is 12.9. The maximum absolute atomic E-state index is 12.9. The molecule has 0 spiro atoms. The number of piperidine rings is 1.